The van der Waals surface area contributed by atoms with Crippen molar-refractivity contribution in [2.75, 3.05) is 18.5 Å². The number of aryl methyl sites for hydroxylation is 1. The van der Waals surface area contributed by atoms with Gasteiger partial charge in [-0.25, -0.2) is 0 Å². The van der Waals surface area contributed by atoms with Crippen molar-refractivity contribution in [3.05, 3.63) is 51.7 Å². The van der Waals surface area contributed by atoms with E-state index < -0.39 is 0 Å². The topological polar surface area (TPSA) is 29.3 Å². The van der Waals surface area contributed by atoms with Crippen molar-refractivity contribution in [3.63, 3.8) is 0 Å². The summed E-state index contributed by atoms with van der Waals surface area (Å²) in [5.74, 6) is 0. The average Bonchev–Trinajstić information content (AvgIpc) is 2.89. The Balaban J connectivity index is 2.32. The van der Waals surface area contributed by atoms with Crippen LogP contribution >= 0.6 is 11.3 Å². The number of nitrogens with two attached hydrogens (primary N) is 1. The minimum absolute atomic E-state index is 0.198. The van der Waals surface area contributed by atoms with Gasteiger partial charge < -0.3 is 10.6 Å². The van der Waals surface area contributed by atoms with Crippen LogP contribution in [0.25, 0.3) is 0 Å². The smallest absolute Gasteiger partial charge is 0.0754 e. The number of rotatable bonds is 4. The first kappa shape index (κ1) is 16.1. The Kier molecular flexibility index (Phi) is 4.74. The fraction of sp³-hybridized carbons (Fsp3) is 0.444. The van der Waals surface area contributed by atoms with Crippen LogP contribution in [0.2, 0.25) is 0 Å². The predicted molar refractivity (Wildman–Crippen MR) is 94.4 cm³/mol. The summed E-state index contributed by atoms with van der Waals surface area (Å²) in [4.78, 5) is 5.05. The van der Waals surface area contributed by atoms with Crippen LogP contribution in [-0.2, 0) is 5.41 Å². The second-order valence-electron chi connectivity index (χ2n) is 6.60. The van der Waals surface area contributed by atoms with E-state index in [0.717, 1.165) is 0 Å². The zero-order valence-corrected chi connectivity index (χ0v) is 14.5. The first-order chi connectivity index (χ1) is 9.84. The number of hydrogen-bond donors (Lipinski definition) is 1. The average molecular weight is 302 g/mol. The fourth-order valence-corrected chi connectivity index (χ4v) is 3.75. The van der Waals surface area contributed by atoms with E-state index in [-0.39, 0.29) is 11.5 Å². The first-order valence-corrected chi connectivity index (χ1v) is 8.25. The highest BCUT2D eigenvalue weighted by molar-refractivity contribution is 7.12. The van der Waals surface area contributed by atoms with Crippen LogP contribution in [0.15, 0.2) is 36.4 Å². The summed E-state index contributed by atoms with van der Waals surface area (Å²) < 4.78 is 0. The van der Waals surface area contributed by atoms with E-state index in [0.29, 0.717) is 6.54 Å². The Labute approximate surface area is 132 Å². The molecule has 0 bridgehead atoms. The molecule has 3 heteroatoms. The van der Waals surface area contributed by atoms with Crippen molar-refractivity contribution in [1.82, 2.24) is 0 Å². The minimum atomic E-state index is 0.198. The maximum atomic E-state index is 6.08. The van der Waals surface area contributed by atoms with E-state index >= 15 is 0 Å². The summed E-state index contributed by atoms with van der Waals surface area (Å²) in [6, 6.07) is 13.2. The molecule has 0 aliphatic heterocycles. The third-order valence-corrected chi connectivity index (χ3v) is 5.49. The molecule has 1 aromatic heterocycles. The zero-order chi connectivity index (χ0) is 15.6. The summed E-state index contributed by atoms with van der Waals surface area (Å²) in [6.45, 7) is 9.53. The Bertz CT molecular complexity index is 595. The molecule has 0 aliphatic rings. The van der Waals surface area contributed by atoms with Gasteiger partial charge in [-0.2, -0.15) is 0 Å². The summed E-state index contributed by atoms with van der Waals surface area (Å²) in [6.07, 6.45) is 0. The van der Waals surface area contributed by atoms with Crippen molar-refractivity contribution in [2.24, 2.45) is 5.73 Å². The molecular formula is C18H26N2S. The van der Waals surface area contributed by atoms with Crippen molar-refractivity contribution in [2.45, 2.75) is 39.2 Å². The third kappa shape index (κ3) is 3.47. The van der Waals surface area contributed by atoms with Crippen LogP contribution < -0.4 is 10.6 Å². The number of anilines is 1. The van der Waals surface area contributed by atoms with Gasteiger partial charge in [-0.05, 0) is 36.1 Å². The lowest BCUT2D eigenvalue weighted by atomic mass is 9.95. The van der Waals surface area contributed by atoms with E-state index in [2.05, 4.69) is 76.0 Å². The SMILES string of the molecule is Cc1ccccc1N(C)C(CN)c1ccc(C(C)(C)C)s1. The van der Waals surface area contributed by atoms with Crippen LogP contribution in [0, 0.1) is 6.92 Å². The lowest BCUT2D eigenvalue weighted by Crippen LogP contribution is -2.30. The maximum Gasteiger partial charge on any atom is 0.0754 e. The maximum absolute atomic E-state index is 6.08. The van der Waals surface area contributed by atoms with Gasteiger partial charge in [0.05, 0.1) is 6.04 Å². The fourth-order valence-electron chi connectivity index (χ4n) is 2.53. The molecule has 2 N–H and O–H groups in total. The van der Waals surface area contributed by atoms with Crippen LogP contribution in [0.4, 0.5) is 5.69 Å². The molecule has 2 rings (SSSR count). The standard InChI is InChI=1S/C18H26N2S/c1-13-8-6-7-9-14(13)20(5)15(12-19)16-10-11-17(21-16)18(2,3)4/h6-11,15H,12,19H2,1-5H3. The molecule has 0 spiro atoms. The molecule has 1 unspecified atom stereocenters. The van der Waals surface area contributed by atoms with E-state index in [1.54, 1.807) is 0 Å². The molecule has 1 heterocycles. The minimum Gasteiger partial charge on any atom is -0.365 e. The van der Waals surface area contributed by atoms with E-state index in [9.17, 15) is 0 Å². The van der Waals surface area contributed by atoms with Gasteiger partial charge in [0.2, 0.25) is 0 Å². The number of likely N-dealkylation sites (N-methyl/N-ethyl adjacent to an activating group) is 1. The van der Waals surface area contributed by atoms with Gasteiger partial charge in [-0.15, -0.1) is 11.3 Å². The van der Waals surface area contributed by atoms with Crippen molar-refractivity contribution in [1.29, 1.82) is 0 Å². The number of nitrogens with zero attached hydrogens (tertiary/aromatic N) is 1. The second-order valence-corrected chi connectivity index (χ2v) is 7.72. The molecule has 114 valence electrons. The molecule has 0 saturated carbocycles. The Morgan fingerprint density at radius 3 is 2.33 bits per heavy atom. The largest absolute Gasteiger partial charge is 0.365 e. The van der Waals surface area contributed by atoms with Gasteiger partial charge >= 0.3 is 0 Å². The molecule has 1 atom stereocenters. The predicted octanol–water partition coefficient (Wildman–Crippen LogP) is 4.49. The number of hydrogen-bond acceptors (Lipinski definition) is 3. The molecule has 0 aliphatic carbocycles. The van der Waals surface area contributed by atoms with Crippen LogP contribution in [-0.4, -0.2) is 13.6 Å². The molecule has 2 nitrogen and oxygen atoms in total. The lowest BCUT2D eigenvalue weighted by molar-refractivity contribution is 0.604. The molecule has 0 amide bonds. The van der Waals surface area contributed by atoms with Crippen LogP contribution in [0.5, 0.6) is 0 Å². The highest BCUT2D eigenvalue weighted by Gasteiger charge is 2.22. The lowest BCUT2D eigenvalue weighted by Gasteiger charge is -2.29. The summed E-state index contributed by atoms with van der Waals surface area (Å²) in [7, 11) is 2.14. The molecule has 0 saturated heterocycles. The Morgan fingerprint density at radius 1 is 1.14 bits per heavy atom. The van der Waals surface area contributed by atoms with E-state index in [1.807, 2.05) is 11.3 Å². The van der Waals surface area contributed by atoms with Gasteiger partial charge in [0.1, 0.15) is 0 Å². The molecule has 2 aromatic rings. The van der Waals surface area contributed by atoms with Crippen molar-refractivity contribution in [3.8, 4) is 0 Å². The van der Waals surface area contributed by atoms with Gasteiger partial charge in [0, 0.05) is 29.0 Å². The Hall–Kier alpha value is -1.32. The molecule has 0 fully saturated rings. The highest BCUT2D eigenvalue weighted by Crippen LogP contribution is 2.35. The number of thiophene rings is 1. The monoisotopic (exact) mass is 302 g/mol. The van der Waals surface area contributed by atoms with Crippen LogP contribution in [0.3, 0.4) is 0 Å². The number of para-hydroxylation sites is 1. The Morgan fingerprint density at radius 2 is 1.81 bits per heavy atom. The van der Waals surface area contributed by atoms with Gasteiger partial charge in [0.15, 0.2) is 0 Å². The van der Waals surface area contributed by atoms with Gasteiger partial charge in [-0.3, -0.25) is 0 Å². The summed E-state index contributed by atoms with van der Waals surface area (Å²) in [5, 5.41) is 0. The van der Waals surface area contributed by atoms with E-state index in [1.165, 1.54) is 21.0 Å². The number of benzene rings is 1. The van der Waals surface area contributed by atoms with Gasteiger partial charge in [-0.1, -0.05) is 39.0 Å². The zero-order valence-electron chi connectivity index (χ0n) is 13.7. The van der Waals surface area contributed by atoms with Crippen molar-refractivity contribution >= 4 is 17.0 Å². The van der Waals surface area contributed by atoms with Crippen molar-refractivity contribution < 1.29 is 0 Å². The second kappa shape index (κ2) is 6.20. The molecule has 21 heavy (non-hydrogen) atoms. The van der Waals surface area contributed by atoms with E-state index in [4.69, 9.17) is 5.73 Å². The van der Waals surface area contributed by atoms with Gasteiger partial charge in [0.25, 0.3) is 0 Å². The summed E-state index contributed by atoms with van der Waals surface area (Å²) in [5.41, 5.74) is 8.81. The third-order valence-electron chi connectivity index (χ3n) is 3.88. The molecular weight excluding hydrogens is 276 g/mol. The quantitative estimate of drug-likeness (QED) is 0.901. The summed E-state index contributed by atoms with van der Waals surface area (Å²) >= 11 is 1.88. The molecule has 0 radical (unpaired) electrons. The van der Waals surface area contributed by atoms with Crippen LogP contribution in [0.1, 0.15) is 42.1 Å². The normalized spacial score (nSPS) is 13.2. The molecule has 1 aromatic carbocycles. The first-order valence-electron chi connectivity index (χ1n) is 7.43. The highest BCUT2D eigenvalue weighted by atomic mass is 32.1.